The first-order valence-electron chi connectivity index (χ1n) is 41.4. The van der Waals surface area contributed by atoms with Gasteiger partial charge in [-0.15, -0.1) is 0 Å². The quantitative estimate of drug-likeness (QED) is 0.0195. The molecule has 0 spiro atoms. The van der Waals surface area contributed by atoms with Gasteiger partial charge in [-0.25, -0.2) is 0 Å². The van der Waals surface area contributed by atoms with Gasteiger partial charge in [-0.1, -0.05) is 411 Å². The Hall–Kier alpha value is -1.25. The van der Waals surface area contributed by atoms with Crippen LogP contribution >= 0.6 is 7.82 Å². The molecule has 0 N–H and O–H groups in total. The summed E-state index contributed by atoms with van der Waals surface area (Å²) in [6.07, 6.45) is 93.6. The first-order chi connectivity index (χ1) is 45.0. The fourth-order valence-corrected chi connectivity index (χ4v) is 13.7. The minimum atomic E-state index is -4.64. The molecular formula is C82H162NO8P. The lowest BCUT2D eigenvalue weighted by molar-refractivity contribution is -0.870. The van der Waals surface area contributed by atoms with E-state index in [2.05, 4.69) is 26.0 Å². The highest BCUT2D eigenvalue weighted by Crippen LogP contribution is 2.38. The van der Waals surface area contributed by atoms with Crippen molar-refractivity contribution >= 4 is 19.8 Å². The topological polar surface area (TPSA) is 111 Å². The molecule has 92 heavy (non-hydrogen) atoms. The molecule has 9 nitrogen and oxygen atoms in total. The first-order valence-corrected chi connectivity index (χ1v) is 42.9. The lowest BCUT2D eigenvalue weighted by atomic mass is 10.0. The second-order valence-electron chi connectivity index (χ2n) is 29.9. The van der Waals surface area contributed by atoms with Crippen molar-refractivity contribution in [2.24, 2.45) is 0 Å². The van der Waals surface area contributed by atoms with Crippen LogP contribution in [0.5, 0.6) is 0 Å². The number of carbonyl (C=O) groups is 2. The summed E-state index contributed by atoms with van der Waals surface area (Å²) >= 11 is 0. The zero-order valence-corrected chi connectivity index (χ0v) is 63.7. The zero-order chi connectivity index (χ0) is 66.9. The number of phosphoric acid groups is 1. The number of rotatable bonds is 79. The highest BCUT2D eigenvalue weighted by molar-refractivity contribution is 7.45. The average Bonchev–Trinajstić information content (AvgIpc) is 2.14. The predicted molar refractivity (Wildman–Crippen MR) is 398 cm³/mol. The number of ether oxygens (including phenoxy) is 2. The number of carbonyl (C=O) groups excluding carboxylic acids is 2. The van der Waals surface area contributed by atoms with Gasteiger partial charge in [0.05, 0.1) is 27.7 Å². The number of likely N-dealkylation sites (N-methyl/N-ethyl adjacent to an activating group) is 1. The van der Waals surface area contributed by atoms with Crippen molar-refractivity contribution < 1.29 is 42.1 Å². The minimum absolute atomic E-state index is 0.0259. The molecule has 0 saturated carbocycles. The molecule has 0 radical (unpaired) electrons. The first kappa shape index (κ1) is 90.8. The van der Waals surface area contributed by atoms with E-state index in [1.54, 1.807) is 0 Å². The molecule has 0 aliphatic rings. The lowest BCUT2D eigenvalue weighted by Gasteiger charge is -2.28. The molecule has 0 amide bonds. The Morgan fingerprint density at radius 2 is 0.554 bits per heavy atom. The number of hydrogen-bond donors (Lipinski definition) is 0. The molecule has 0 aromatic carbocycles. The van der Waals surface area contributed by atoms with Gasteiger partial charge in [-0.3, -0.25) is 14.2 Å². The molecule has 0 aliphatic heterocycles. The predicted octanol–water partition coefficient (Wildman–Crippen LogP) is 26.8. The maximum absolute atomic E-state index is 12.9. The number of allylic oxidation sites excluding steroid dienone is 2. The summed E-state index contributed by atoms with van der Waals surface area (Å²) in [5.74, 6) is -0.803. The van der Waals surface area contributed by atoms with Gasteiger partial charge >= 0.3 is 11.9 Å². The molecule has 0 fully saturated rings. The van der Waals surface area contributed by atoms with Crippen LogP contribution in [0.3, 0.4) is 0 Å². The van der Waals surface area contributed by atoms with Crippen LogP contribution in [0.25, 0.3) is 0 Å². The van der Waals surface area contributed by atoms with Crippen molar-refractivity contribution in [1.29, 1.82) is 0 Å². The van der Waals surface area contributed by atoms with Crippen LogP contribution in [0, 0.1) is 0 Å². The van der Waals surface area contributed by atoms with Crippen molar-refractivity contribution in [3.8, 4) is 0 Å². The Kier molecular flexibility index (Phi) is 73.0. The molecule has 0 saturated heterocycles. The second kappa shape index (κ2) is 74.0. The number of unbranched alkanes of at least 4 members (excludes halogenated alkanes) is 63. The number of esters is 2. The third-order valence-corrected chi connectivity index (χ3v) is 20.2. The van der Waals surface area contributed by atoms with E-state index >= 15 is 0 Å². The van der Waals surface area contributed by atoms with Gasteiger partial charge in [-0.2, -0.15) is 0 Å². The Morgan fingerprint density at radius 1 is 0.326 bits per heavy atom. The monoisotopic (exact) mass is 1320 g/mol. The Morgan fingerprint density at radius 3 is 0.804 bits per heavy atom. The molecule has 0 aliphatic carbocycles. The van der Waals surface area contributed by atoms with Crippen LogP contribution in [0.2, 0.25) is 0 Å². The highest BCUT2D eigenvalue weighted by atomic mass is 31.2. The van der Waals surface area contributed by atoms with Crippen LogP contribution < -0.4 is 4.89 Å². The smallest absolute Gasteiger partial charge is 0.306 e. The summed E-state index contributed by atoms with van der Waals surface area (Å²) in [4.78, 5) is 38.2. The van der Waals surface area contributed by atoms with Gasteiger partial charge in [0.25, 0.3) is 7.82 Å². The highest BCUT2D eigenvalue weighted by Gasteiger charge is 2.22. The van der Waals surface area contributed by atoms with Gasteiger partial charge < -0.3 is 27.9 Å². The maximum atomic E-state index is 12.9. The molecule has 0 heterocycles. The third-order valence-electron chi connectivity index (χ3n) is 19.3. The van der Waals surface area contributed by atoms with Gasteiger partial charge in [0.1, 0.15) is 19.8 Å². The molecule has 2 unspecified atom stereocenters. The number of quaternary nitrogens is 1. The van der Waals surface area contributed by atoms with E-state index in [0.717, 1.165) is 32.1 Å². The van der Waals surface area contributed by atoms with Gasteiger partial charge in [0.2, 0.25) is 0 Å². The van der Waals surface area contributed by atoms with Gasteiger partial charge in [0, 0.05) is 12.8 Å². The van der Waals surface area contributed by atoms with Crippen LogP contribution in [-0.4, -0.2) is 70.0 Å². The largest absolute Gasteiger partial charge is 0.756 e. The van der Waals surface area contributed by atoms with Gasteiger partial charge in [-0.05, 0) is 38.5 Å². The minimum Gasteiger partial charge on any atom is -0.756 e. The van der Waals surface area contributed by atoms with E-state index in [0.29, 0.717) is 17.4 Å². The second-order valence-corrected chi connectivity index (χ2v) is 31.3. The Labute approximate surface area is 575 Å². The van der Waals surface area contributed by atoms with Crippen LogP contribution in [0.1, 0.15) is 450 Å². The van der Waals surface area contributed by atoms with Crippen LogP contribution in [0.15, 0.2) is 12.2 Å². The molecule has 0 aromatic rings. The summed E-state index contributed by atoms with van der Waals surface area (Å²) in [5.41, 5.74) is 0. The fourth-order valence-electron chi connectivity index (χ4n) is 13.0. The van der Waals surface area contributed by atoms with Crippen molar-refractivity contribution in [3.63, 3.8) is 0 Å². The molecule has 0 aromatic heterocycles. The summed E-state index contributed by atoms with van der Waals surface area (Å²) in [5, 5.41) is 0. The zero-order valence-electron chi connectivity index (χ0n) is 62.8. The van der Waals surface area contributed by atoms with E-state index in [1.165, 1.54) is 385 Å². The van der Waals surface area contributed by atoms with E-state index in [1.807, 2.05) is 21.1 Å². The molecule has 10 heteroatoms. The molecule has 548 valence electrons. The normalized spacial score (nSPS) is 13.0. The molecule has 2 atom stereocenters. The third kappa shape index (κ3) is 77.8. The van der Waals surface area contributed by atoms with E-state index in [4.69, 9.17) is 18.5 Å². The van der Waals surface area contributed by atoms with Crippen molar-refractivity contribution in [1.82, 2.24) is 0 Å². The summed E-state index contributed by atoms with van der Waals surface area (Å²) < 4.78 is 34.4. The fraction of sp³-hybridized carbons (Fsp3) is 0.951. The Balaban J connectivity index is 3.85. The maximum Gasteiger partial charge on any atom is 0.306 e. The number of phosphoric ester groups is 1. The molecule has 0 bridgehead atoms. The lowest BCUT2D eigenvalue weighted by Crippen LogP contribution is -2.37. The van der Waals surface area contributed by atoms with Crippen molar-refractivity contribution in [2.45, 2.75) is 457 Å². The van der Waals surface area contributed by atoms with Gasteiger partial charge in [0.15, 0.2) is 6.10 Å². The number of nitrogens with zero attached hydrogens (tertiary/aromatic N) is 1. The standard InChI is InChI=1S/C82H162NO8P/c1-6-8-10-12-14-16-18-20-22-24-26-28-30-32-34-36-37-38-39-40-41-42-43-44-45-47-48-50-52-54-56-58-60-62-64-66-68-70-72-74-81(84)88-78-80(79-90-92(86,87)89-77-76-83(3,4)5)91-82(85)75-73-71-69-67-65-63-61-59-57-55-53-51-49-46-35-33-31-29-27-25-23-21-19-17-15-13-11-9-7-2/h25,27,80H,6-24,26,28-79H2,1-5H3/b27-25-. The van der Waals surface area contributed by atoms with Crippen LogP contribution in [-0.2, 0) is 32.7 Å². The van der Waals surface area contributed by atoms with Crippen molar-refractivity contribution in [3.05, 3.63) is 12.2 Å². The SMILES string of the molecule is CCCCCCCCCC/C=C\CCCCCCCCCCCCCCCCCCCC(=O)OC(COC(=O)CCCCCCCCCCCCCCCCCCCCCCCCCCCCCCCCCCCCCCCCC)COP(=O)([O-])OCC[N+](C)(C)C. The number of hydrogen-bond acceptors (Lipinski definition) is 8. The van der Waals surface area contributed by atoms with E-state index < -0.39 is 26.5 Å². The summed E-state index contributed by atoms with van der Waals surface area (Å²) in [6.45, 7) is 4.34. The van der Waals surface area contributed by atoms with Crippen LogP contribution in [0.4, 0.5) is 0 Å². The van der Waals surface area contributed by atoms with E-state index in [-0.39, 0.29) is 32.0 Å². The summed E-state index contributed by atoms with van der Waals surface area (Å²) in [7, 11) is 1.20. The van der Waals surface area contributed by atoms with E-state index in [9.17, 15) is 19.0 Å². The molecular weight excluding hydrogens is 1160 g/mol. The average molecular weight is 1320 g/mol. The molecule has 0 rings (SSSR count). The Bertz CT molecular complexity index is 1550. The van der Waals surface area contributed by atoms with Crippen molar-refractivity contribution in [2.75, 3.05) is 47.5 Å². The summed E-state index contributed by atoms with van der Waals surface area (Å²) in [6, 6.07) is 0.